The van der Waals surface area contributed by atoms with E-state index < -0.39 is 30.3 Å². The number of amides is 1. The average molecular weight is 498 g/mol. The van der Waals surface area contributed by atoms with E-state index in [1.165, 1.54) is 12.1 Å². The fraction of sp³-hybridized carbons (Fsp3) is 0.350. The van der Waals surface area contributed by atoms with Crippen molar-refractivity contribution in [3.05, 3.63) is 40.2 Å². The van der Waals surface area contributed by atoms with Crippen molar-refractivity contribution in [2.45, 2.75) is 24.9 Å². The number of nitrogens with two attached hydrogens (primary N) is 1. The van der Waals surface area contributed by atoms with Crippen LogP contribution < -0.4 is 42.4 Å². The molecule has 3 rings (SSSR count). The number of carboxylic acid groups (broad SMARTS) is 2. The molecule has 0 saturated carbocycles. The van der Waals surface area contributed by atoms with Gasteiger partial charge in [-0.25, -0.2) is 0 Å². The Bertz CT molecular complexity index is 1110. The van der Waals surface area contributed by atoms with Crippen LogP contribution in [0.5, 0.6) is 0 Å². The summed E-state index contributed by atoms with van der Waals surface area (Å²) in [6.07, 6.45) is -0.862. The topological polar surface area (TPSA) is 208 Å². The van der Waals surface area contributed by atoms with Gasteiger partial charge in [0, 0.05) is 37.4 Å². The molecule has 1 aromatic heterocycles. The second kappa shape index (κ2) is 11.9. The minimum absolute atomic E-state index is 0. The first-order chi connectivity index (χ1) is 15.7. The Morgan fingerprint density at radius 1 is 1.26 bits per heavy atom. The first-order valence-corrected chi connectivity index (χ1v) is 10.1. The zero-order valence-electron chi connectivity index (χ0n) is 18.4. The molecule has 1 aromatic carbocycles. The second-order valence-electron chi connectivity index (χ2n) is 7.51. The number of anilines is 4. The number of nitrogens with one attached hydrogen (secondary N) is 4. The minimum atomic E-state index is -1.58. The number of carbonyl (C=O) groups excluding carboxylic acids is 3. The van der Waals surface area contributed by atoms with Crippen LogP contribution in [0.3, 0.4) is 0 Å². The van der Waals surface area contributed by atoms with Gasteiger partial charge < -0.3 is 46.4 Å². The number of nitrogen functional groups attached to an aromatic ring is 1. The summed E-state index contributed by atoms with van der Waals surface area (Å²) in [5.41, 5.74) is 6.51. The number of likely N-dealkylation sites (N-methyl/N-ethyl adjacent to an activating group) is 1. The SMILES string of the molecule is CN1c2c(nc(N)[nH]c2=O)NC[C@@H]1CNc1ccc(C(=O)NC(CCC(=O)[O-])C(=O)[O-])cc1.[Ca+2]. The Morgan fingerprint density at radius 2 is 1.94 bits per heavy atom. The van der Waals surface area contributed by atoms with Crippen LogP contribution in [0.15, 0.2) is 29.1 Å². The fourth-order valence-corrected chi connectivity index (χ4v) is 3.41. The molecule has 0 aliphatic carbocycles. The van der Waals surface area contributed by atoms with Crippen LogP contribution in [0.25, 0.3) is 0 Å². The number of fused-ring (bicyclic) bond motifs is 1. The van der Waals surface area contributed by atoms with Crippen molar-refractivity contribution < 1.29 is 24.6 Å². The molecule has 2 heterocycles. The van der Waals surface area contributed by atoms with Crippen molar-refractivity contribution in [2.24, 2.45) is 0 Å². The molecule has 1 amide bonds. The van der Waals surface area contributed by atoms with E-state index in [-0.39, 0.29) is 67.3 Å². The van der Waals surface area contributed by atoms with Gasteiger partial charge in [0.25, 0.3) is 11.5 Å². The molecule has 34 heavy (non-hydrogen) atoms. The summed E-state index contributed by atoms with van der Waals surface area (Å²) < 4.78 is 0. The molecule has 1 unspecified atom stereocenters. The van der Waals surface area contributed by atoms with Crippen LogP contribution in [0.4, 0.5) is 23.1 Å². The van der Waals surface area contributed by atoms with Crippen LogP contribution >= 0.6 is 0 Å². The third-order valence-corrected chi connectivity index (χ3v) is 5.23. The van der Waals surface area contributed by atoms with Gasteiger partial charge in [-0.3, -0.25) is 14.6 Å². The molecule has 14 heteroatoms. The van der Waals surface area contributed by atoms with Gasteiger partial charge in [-0.15, -0.1) is 0 Å². The van der Waals surface area contributed by atoms with Gasteiger partial charge in [0.1, 0.15) is 5.69 Å². The van der Waals surface area contributed by atoms with Gasteiger partial charge in [-0.2, -0.15) is 4.98 Å². The van der Waals surface area contributed by atoms with Gasteiger partial charge in [0.05, 0.1) is 18.1 Å². The molecule has 0 radical (unpaired) electrons. The van der Waals surface area contributed by atoms with Gasteiger partial charge in [-0.1, -0.05) is 0 Å². The van der Waals surface area contributed by atoms with E-state index in [4.69, 9.17) is 5.73 Å². The monoisotopic (exact) mass is 497 g/mol. The standard InChI is InChI=1S/C20H25N7O6.Ca/c1-27-12(9-23-16-15(27)18(31)26-20(21)25-16)8-22-11-4-2-10(3-5-11)17(30)24-13(19(32)33)6-7-14(28)29;/h2-5,12-13,22H,6-9H2,1H3,(H,24,30)(H,28,29)(H,32,33)(H4,21,23,25,26,31);/q;+2/p-2/t12-,13?;/m0./s1. The maximum absolute atomic E-state index is 12.3. The van der Waals surface area contributed by atoms with Crippen molar-refractivity contribution in [3.8, 4) is 0 Å². The van der Waals surface area contributed by atoms with Gasteiger partial charge in [0.2, 0.25) is 5.95 Å². The Labute approximate surface area is 224 Å². The van der Waals surface area contributed by atoms with E-state index in [2.05, 4.69) is 25.9 Å². The average Bonchev–Trinajstić information content (AvgIpc) is 2.75. The van der Waals surface area contributed by atoms with E-state index in [0.717, 1.165) is 0 Å². The van der Waals surface area contributed by atoms with Crippen LogP contribution in [-0.4, -0.2) is 97.8 Å². The molecule has 0 spiro atoms. The molecule has 2 aromatic rings. The summed E-state index contributed by atoms with van der Waals surface area (Å²) in [6, 6.07) is 4.75. The normalized spacial score (nSPS) is 15.2. The number of hydrogen-bond acceptors (Lipinski definition) is 11. The van der Waals surface area contributed by atoms with Crippen LogP contribution in [0.1, 0.15) is 23.2 Å². The molecular formula is C20H23CaN7O6. The number of H-pyrrole nitrogens is 1. The number of hydrogen-bond donors (Lipinski definition) is 5. The van der Waals surface area contributed by atoms with Crippen molar-refractivity contribution in [3.63, 3.8) is 0 Å². The summed E-state index contributed by atoms with van der Waals surface area (Å²) in [4.78, 5) is 54.5. The maximum Gasteiger partial charge on any atom is 2.00 e. The van der Waals surface area contributed by atoms with Crippen molar-refractivity contribution in [2.75, 3.05) is 41.4 Å². The first-order valence-electron chi connectivity index (χ1n) is 10.1. The number of carbonyl (C=O) groups is 3. The molecule has 6 N–H and O–H groups in total. The number of aliphatic carboxylic acids is 2. The molecule has 0 fully saturated rings. The fourth-order valence-electron chi connectivity index (χ4n) is 3.41. The zero-order chi connectivity index (χ0) is 24.1. The number of benzene rings is 1. The maximum atomic E-state index is 12.3. The Kier molecular flexibility index (Phi) is 9.53. The quantitative estimate of drug-likeness (QED) is 0.217. The summed E-state index contributed by atoms with van der Waals surface area (Å²) in [5, 5.41) is 30.2. The predicted molar refractivity (Wildman–Crippen MR) is 121 cm³/mol. The van der Waals surface area contributed by atoms with E-state index in [1.807, 2.05) is 0 Å². The number of aromatic amines is 1. The van der Waals surface area contributed by atoms with E-state index >= 15 is 0 Å². The summed E-state index contributed by atoms with van der Waals surface area (Å²) in [6.45, 7) is 0.984. The Morgan fingerprint density at radius 3 is 2.56 bits per heavy atom. The van der Waals surface area contributed by atoms with Crippen molar-refractivity contribution >= 4 is 78.7 Å². The Hall–Kier alpha value is -3.03. The largest absolute Gasteiger partial charge is 2.00 e. The van der Waals surface area contributed by atoms with E-state index in [1.54, 1.807) is 24.1 Å². The molecular weight excluding hydrogens is 474 g/mol. The van der Waals surface area contributed by atoms with Crippen LogP contribution in [-0.2, 0) is 9.59 Å². The summed E-state index contributed by atoms with van der Waals surface area (Å²) in [5.74, 6) is -3.22. The molecule has 0 saturated heterocycles. The molecule has 176 valence electrons. The summed E-state index contributed by atoms with van der Waals surface area (Å²) in [7, 11) is 1.78. The van der Waals surface area contributed by atoms with E-state index in [9.17, 15) is 29.4 Å². The third kappa shape index (κ3) is 6.74. The van der Waals surface area contributed by atoms with Crippen molar-refractivity contribution in [1.82, 2.24) is 15.3 Å². The molecule has 1 aliphatic rings. The predicted octanol–water partition coefficient (Wildman–Crippen LogP) is -3.31. The van der Waals surface area contributed by atoms with E-state index in [0.29, 0.717) is 30.3 Å². The molecule has 0 bridgehead atoms. The zero-order valence-corrected chi connectivity index (χ0v) is 20.6. The molecule has 2 atom stereocenters. The smallest absolute Gasteiger partial charge is 0.550 e. The number of rotatable bonds is 9. The third-order valence-electron chi connectivity index (χ3n) is 5.23. The second-order valence-corrected chi connectivity index (χ2v) is 7.51. The number of aromatic nitrogens is 2. The summed E-state index contributed by atoms with van der Waals surface area (Å²) >= 11 is 0. The van der Waals surface area contributed by atoms with Gasteiger partial charge in [0.15, 0.2) is 5.82 Å². The van der Waals surface area contributed by atoms with Crippen LogP contribution in [0, 0.1) is 0 Å². The van der Waals surface area contributed by atoms with Crippen LogP contribution in [0.2, 0.25) is 0 Å². The molecule has 1 aliphatic heterocycles. The first kappa shape index (κ1) is 27.2. The van der Waals surface area contributed by atoms with Crippen molar-refractivity contribution in [1.29, 1.82) is 0 Å². The van der Waals surface area contributed by atoms with Gasteiger partial charge >= 0.3 is 37.7 Å². The molecule has 13 nitrogen and oxygen atoms in total. The minimum Gasteiger partial charge on any atom is -0.550 e. The number of nitrogens with zero attached hydrogens (tertiary/aromatic N) is 2. The Balaban J connectivity index is 0.00000408. The van der Waals surface area contributed by atoms with Gasteiger partial charge in [-0.05, 0) is 37.1 Å². The number of carboxylic acids is 2.